The largest absolute Gasteiger partial charge is 0.274 e. The number of nitrogens with zero attached hydrogens (tertiary/aromatic N) is 3. The van der Waals surface area contributed by atoms with Crippen LogP contribution in [-0.4, -0.2) is 24.8 Å². The number of hydrogen-bond acceptors (Lipinski definition) is 2. The van der Waals surface area contributed by atoms with Crippen LogP contribution >= 0.6 is 0 Å². The molecule has 0 N–H and O–H groups in total. The van der Waals surface area contributed by atoms with Gasteiger partial charge in [0.2, 0.25) is 0 Å². The maximum atomic E-state index is 4.12. The summed E-state index contributed by atoms with van der Waals surface area (Å²) >= 11 is 0. The van der Waals surface area contributed by atoms with E-state index in [0.717, 1.165) is 11.5 Å². The molecule has 0 saturated heterocycles. The molecule has 0 spiro atoms. The van der Waals surface area contributed by atoms with Crippen LogP contribution in [0.2, 0.25) is 0 Å². The fraction of sp³-hybridized carbons (Fsp3) is 0.286. The third-order valence-electron chi connectivity index (χ3n) is 1.15. The molecule has 0 atom stereocenters. The van der Waals surface area contributed by atoms with Gasteiger partial charge in [-0.25, -0.2) is 4.99 Å². The summed E-state index contributed by atoms with van der Waals surface area (Å²) < 4.78 is 0. The number of amidine groups is 1. The molecule has 1 aliphatic rings. The number of hydrogen-bond donors (Lipinski definition) is 0. The van der Waals surface area contributed by atoms with Crippen molar-refractivity contribution < 1.29 is 0 Å². The molecule has 0 amide bonds. The average molecular weight is 135 g/mol. The third kappa shape index (κ3) is 1.62. The first-order chi connectivity index (χ1) is 4.83. The first kappa shape index (κ1) is 6.86. The van der Waals surface area contributed by atoms with E-state index in [9.17, 15) is 0 Å². The topological polar surface area (TPSA) is 37.1 Å². The highest BCUT2D eigenvalue weighted by Gasteiger charge is 1.93. The minimum absolute atomic E-state index is 0.771. The van der Waals surface area contributed by atoms with Crippen LogP contribution in [0.5, 0.6) is 0 Å². The van der Waals surface area contributed by atoms with Crippen LogP contribution in [0.25, 0.3) is 0 Å². The zero-order chi connectivity index (χ0) is 7.40. The minimum Gasteiger partial charge on any atom is -0.274 e. The van der Waals surface area contributed by atoms with Gasteiger partial charge in [0.05, 0.1) is 11.9 Å². The maximum Gasteiger partial charge on any atom is 0.120 e. The van der Waals surface area contributed by atoms with E-state index in [-0.39, 0.29) is 0 Å². The van der Waals surface area contributed by atoms with Crippen molar-refractivity contribution in [3.63, 3.8) is 0 Å². The van der Waals surface area contributed by atoms with Gasteiger partial charge in [-0.15, -0.1) is 0 Å². The van der Waals surface area contributed by atoms with Crippen molar-refractivity contribution in [3.8, 4) is 0 Å². The normalized spacial score (nSPS) is 21.0. The van der Waals surface area contributed by atoms with E-state index in [0.29, 0.717) is 0 Å². The zero-order valence-corrected chi connectivity index (χ0v) is 6.07. The van der Waals surface area contributed by atoms with Crippen LogP contribution in [0.15, 0.2) is 27.3 Å². The molecule has 0 aromatic heterocycles. The van der Waals surface area contributed by atoms with Gasteiger partial charge < -0.3 is 0 Å². The van der Waals surface area contributed by atoms with E-state index in [1.54, 1.807) is 19.5 Å². The maximum absolute atomic E-state index is 4.12. The summed E-state index contributed by atoms with van der Waals surface area (Å²) in [7, 11) is 1.72. The quantitative estimate of drug-likeness (QED) is 0.352. The lowest BCUT2D eigenvalue weighted by Crippen LogP contribution is -1.95. The monoisotopic (exact) mass is 135 g/mol. The summed E-state index contributed by atoms with van der Waals surface area (Å²) in [5.41, 5.74) is 0.864. The van der Waals surface area contributed by atoms with Crippen LogP contribution < -0.4 is 0 Å². The van der Waals surface area contributed by atoms with Crippen LogP contribution in [0, 0.1) is 0 Å². The second kappa shape index (κ2) is 3.06. The molecule has 0 bridgehead atoms. The Morgan fingerprint density at radius 2 is 2.40 bits per heavy atom. The van der Waals surface area contributed by atoms with E-state index in [4.69, 9.17) is 0 Å². The molecule has 0 aromatic carbocycles. The summed E-state index contributed by atoms with van der Waals surface area (Å²) in [5, 5.41) is 0. The molecule has 1 rings (SSSR count). The van der Waals surface area contributed by atoms with Gasteiger partial charge in [0.25, 0.3) is 0 Å². The fourth-order valence-corrected chi connectivity index (χ4v) is 0.585. The highest BCUT2D eigenvalue weighted by atomic mass is 14.9. The molecule has 0 aliphatic carbocycles. The Balaban J connectivity index is 2.73. The van der Waals surface area contributed by atoms with Crippen LogP contribution in [-0.2, 0) is 0 Å². The predicted octanol–water partition coefficient (Wildman–Crippen LogP) is 1.07. The summed E-state index contributed by atoms with van der Waals surface area (Å²) in [5.74, 6) is 0.771. The minimum atomic E-state index is 0.771. The van der Waals surface area contributed by atoms with E-state index >= 15 is 0 Å². The van der Waals surface area contributed by atoms with Gasteiger partial charge in [0.1, 0.15) is 5.84 Å². The predicted molar refractivity (Wildman–Crippen MR) is 44.1 cm³/mol. The Hall–Kier alpha value is -1.25. The van der Waals surface area contributed by atoms with E-state index < -0.39 is 0 Å². The number of rotatable bonds is 0. The molecule has 0 aromatic rings. The number of allylic oxidation sites excluding steroid dienone is 1. The molecule has 3 heteroatoms. The van der Waals surface area contributed by atoms with Gasteiger partial charge in [-0.1, -0.05) is 0 Å². The molecule has 0 saturated carbocycles. The second-order valence-corrected chi connectivity index (χ2v) is 1.90. The average Bonchev–Trinajstić information content (AvgIpc) is 2.40. The Kier molecular flexibility index (Phi) is 2.10. The Morgan fingerprint density at radius 1 is 1.60 bits per heavy atom. The van der Waals surface area contributed by atoms with Gasteiger partial charge in [-0.2, -0.15) is 0 Å². The van der Waals surface area contributed by atoms with E-state index in [2.05, 4.69) is 15.0 Å². The van der Waals surface area contributed by atoms with Crippen molar-refractivity contribution in [1.29, 1.82) is 0 Å². The Morgan fingerprint density at radius 3 is 2.90 bits per heavy atom. The van der Waals surface area contributed by atoms with E-state index in [1.165, 1.54) is 0 Å². The van der Waals surface area contributed by atoms with Crippen molar-refractivity contribution >= 4 is 17.8 Å². The lowest BCUT2D eigenvalue weighted by molar-refractivity contribution is 1.38. The standard InChI is InChI=1S/C7H9N3/c1-6(8-2)10-7-3-4-9-5-7/h3-5H,1-2H3. The molecular weight excluding hydrogens is 126 g/mol. The summed E-state index contributed by atoms with van der Waals surface area (Å²) in [6.45, 7) is 1.85. The lowest BCUT2D eigenvalue weighted by atomic mass is 10.4. The van der Waals surface area contributed by atoms with Crippen molar-refractivity contribution in [2.45, 2.75) is 6.92 Å². The zero-order valence-electron chi connectivity index (χ0n) is 6.07. The highest BCUT2D eigenvalue weighted by molar-refractivity contribution is 6.39. The molecule has 1 heterocycles. The van der Waals surface area contributed by atoms with E-state index in [1.807, 2.05) is 13.0 Å². The molecule has 52 valence electrons. The summed E-state index contributed by atoms with van der Waals surface area (Å²) in [6.07, 6.45) is 5.26. The van der Waals surface area contributed by atoms with Crippen LogP contribution in [0.1, 0.15) is 6.92 Å². The van der Waals surface area contributed by atoms with Crippen molar-refractivity contribution in [2.24, 2.45) is 15.0 Å². The SMILES string of the molecule is CN=C(C)N=C1C=CN=C1. The second-order valence-electron chi connectivity index (χ2n) is 1.90. The molecular formula is C7H9N3. The molecule has 10 heavy (non-hydrogen) atoms. The Bertz CT molecular complexity index is 219. The lowest BCUT2D eigenvalue weighted by Gasteiger charge is -1.87. The van der Waals surface area contributed by atoms with Gasteiger partial charge in [0, 0.05) is 13.2 Å². The summed E-state index contributed by atoms with van der Waals surface area (Å²) in [6, 6.07) is 0. The van der Waals surface area contributed by atoms with Gasteiger partial charge in [-0.05, 0) is 13.0 Å². The van der Waals surface area contributed by atoms with Crippen molar-refractivity contribution in [1.82, 2.24) is 0 Å². The van der Waals surface area contributed by atoms with Gasteiger partial charge >= 0.3 is 0 Å². The van der Waals surface area contributed by atoms with Gasteiger partial charge in [0.15, 0.2) is 0 Å². The van der Waals surface area contributed by atoms with Crippen molar-refractivity contribution in [3.05, 3.63) is 12.3 Å². The van der Waals surface area contributed by atoms with Crippen molar-refractivity contribution in [2.75, 3.05) is 7.05 Å². The first-order valence-electron chi connectivity index (χ1n) is 3.05. The molecule has 0 fully saturated rings. The first-order valence-corrected chi connectivity index (χ1v) is 3.05. The number of aliphatic imine (C=N–C) groups is 3. The van der Waals surface area contributed by atoms with Crippen LogP contribution in [0.4, 0.5) is 0 Å². The molecule has 0 unspecified atom stereocenters. The Labute approximate surface area is 59.9 Å². The summed E-state index contributed by atoms with van der Waals surface area (Å²) in [4.78, 5) is 11.9. The fourth-order valence-electron chi connectivity index (χ4n) is 0.585. The third-order valence-corrected chi connectivity index (χ3v) is 1.15. The van der Waals surface area contributed by atoms with Gasteiger partial charge in [-0.3, -0.25) is 9.98 Å². The molecule has 0 radical (unpaired) electrons. The smallest absolute Gasteiger partial charge is 0.120 e. The van der Waals surface area contributed by atoms with Crippen LogP contribution in [0.3, 0.4) is 0 Å². The highest BCUT2D eigenvalue weighted by Crippen LogP contribution is 1.90. The molecule has 1 aliphatic heterocycles. The molecule has 3 nitrogen and oxygen atoms in total.